The zero-order valence-electron chi connectivity index (χ0n) is 12.0. The molecule has 1 saturated heterocycles. The van der Waals surface area contributed by atoms with E-state index >= 15 is 0 Å². The molecule has 7 nitrogen and oxygen atoms in total. The number of rotatable bonds is 3. The van der Waals surface area contributed by atoms with Crippen LogP contribution in [0, 0.1) is 0 Å². The van der Waals surface area contributed by atoms with Crippen LogP contribution < -0.4 is 0 Å². The predicted molar refractivity (Wildman–Crippen MR) is 74.5 cm³/mol. The summed E-state index contributed by atoms with van der Waals surface area (Å²) >= 11 is 0. The lowest BCUT2D eigenvalue weighted by atomic mass is 10.1. The van der Waals surface area contributed by atoms with E-state index in [-0.39, 0.29) is 24.1 Å². The molecule has 1 unspecified atom stereocenters. The molecule has 2 aliphatic rings. The Kier molecular flexibility index (Phi) is 3.39. The van der Waals surface area contributed by atoms with Crippen molar-refractivity contribution in [1.29, 1.82) is 0 Å². The monoisotopic (exact) mass is 320 g/mol. The maximum Gasteiger partial charge on any atom is 0.343 e. The van der Waals surface area contributed by atoms with E-state index < -0.39 is 42.4 Å². The summed E-state index contributed by atoms with van der Waals surface area (Å²) in [4.78, 5) is 49.2. The number of carboxylic acid groups (broad SMARTS) is 1. The van der Waals surface area contributed by atoms with Gasteiger partial charge in [-0.1, -0.05) is 12.1 Å². The van der Waals surface area contributed by atoms with E-state index in [1.54, 1.807) is 12.1 Å². The quantitative estimate of drug-likeness (QED) is 0.809. The number of alkyl halides is 1. The number of likely N-dealkylation sites (tertiary alicyclic amines) is 1. The molecule has 0 saturated carbocycles. The van der Waals surface area contributed by atoms with Crippen molar-refractivity contribution in [3.8, 4) is 0 Å². The zero-order valence-corrected chi connectivity index (χ0v) is 12.0. The van der Waals surface area contributed by atoms with E-state index in [2.05, 4.69) is 0 Å². The van der Waals surface area contributed by atoms with E-state index in [0.29, 0.717) is 0 Å². The van der Waals surface area contributed by atoms with Crippen LogP contribution in [0.25, 0.3) is 0 Å². The average Bonchev–Trinajstić information content (AvgIpc) is 3.04. The van der Waals surface area contributed by atoms with Crippen molar-refractivity contribution < 1.29 is 28.7 Å². The Morgan fingerprint density at radius 2 is 1.74 bits per heavy atom. The molecule has 0 radical (unpaired) electrons. The van der Waals surface area contributed by atoms with Crippen molar-refractivity contribution >= 4 is 23.7 Å². The summed E-state index contributed by atoms with van der Waals surface area (Å²) in [6.45, 7) is -1.17. The van der Waals surface area contributed by atoms with Crippen LogP contribution in [0.3, 0.4) is 0 Å². The number of hydrogen-bond acceptors (Lipinski definition) is 4. The summed E-state index contributed by atoms with van der Waals surface area (Å²) in [5.74, 6) is -3.43. The highest BCUT2D eigenvalue weighted by Crippen LogP contribution is 2.27. The fraction of sp³-hybridized carbons (Fsp3) is 0.333. The molecule has 0 bridgehead atoms. The number of benzene rings is 1. The van der Waals surface area contributed by atoms with Crippen LogP contribution in [0.15, 0.2) is 24.3 Å². The van der Waals surface area contributed by atoms with Gasteiger partial charge in [0.25, 0.3) is 11.8 Å². The van der Waals surface area contributed by atoms with Crippen molar-refractivity contribution in [2.75, 3.05) is 19.6 Å². The topological polar surface area (TPSA) is 95.0 Å². The first-order chi connectivity index (χ1) is 10.8. The average molecular weight is 320 g/mol. The molecule has 1 N–H and O–H groups in total. The number of halogens is 1. The summed E-state index contributed by atoms with van der Waals surface area (Å²) in [7, 11) is 0. The Labute approximate surface area is 130 Å². The van der Waals surface area contributed by atoms with Gasteiger partial charge in [0.15, 0.2) is 0 Å². The molecular weight excluding hydrogens is 307 g/mol. The van der Waals surface area contributed by atoms with Crippen molar-refractivity contribution in [2.24, 2.45) is 0 Å². The van der Waals surface area contributed by atoms with Gasteiger partial charge in [-0.05, 0) is 12.1 Å². The first-order valence-corrected chi connectivity index (χ1v) is 6.99. The standard InChI is InChI=1S/C15H13FN2O5/c16-15(14(22)23)5-6-17(8-15)11(19)7-18-12(20)9-3-1-2-4-10(9)13(18)21/h1-4H,5-8H2,(H,22,23). The molecular formula is C15H13FN2O5. The third-order valence-corrected chi connectivity index (χ3v) is 4.13. The lowest BCUT2D eigenvalue weighted by Gasteiger charge is -2.20. The minimum absolute atomic E-state index is 0.0647. The smallest absolute Gasteiger partial charge is 0.343 e. The Morgan fingerprint density at radius 1 is 1.17 bits per heavy atom. The largest absolute Gasteiger partial charge is 0.479 e. The highest BCUT2D eigenvalue weighted by Gasteiger charge is 2.47. The van der Waals surface area contributed by atoms with Crippen molar-refractivity contribution in [2.45, 2.75) is 12.1 Å². The van der Waals surface area contributed by atoms with Gasteiger partial charge < -0.3 is 10.0 Å². The van der Waals surface area contributed by atoms with Crippen LogP contribution in [0.2, 0.25) is 0 Å². The molecule has 1 aromatic rings. The van der Waals surface area contributed by atoms with Crippen LogP contribution >= 0.6 is 0 Å². The number of amides is 3. The molecule has 1 fully saturated rings. The predicted octanol–water partition coefficient (Wildman–Crippen LogP) is 0.308. The Morgan fingerprint density at radius 3 is 2.22 bits per heavy atom. The van der Waals surface area contributed by atoms with Crippen molar-refractivity contribution in [3.05, 3.63) is 35.4 Å². The lowest BCUT2D eigenvalue weighted by molar-refractivity contribution is -0.150. The third kappa shape index (κ3) is 2.36. The molecule has 1 atom stereocenters. The summed E-state index contributed by atoms with van der Waals surface area (Å²) in [6, 6.07) is 6.21. The fourth-order valence-corrected chi connectivity index (χ4v) is 2.78. The van der Waals surface area contributed by atoms with E-state index in [0.717, 1.165) is 9.80 Å². The minimum Gasteiger partial charge on any atom is -0.479 e. The molecule has 2 aliphatic heterocycles. The van der Waals surface area contributed by atoms with E-state index in [9.17, 15) is 23.6 Å². The van der Waals surface area contributed by atoms with Crippen LogP contribution in [0.5, 0.6) is 0 Å². The van der Waals surface area contributed by atoms with E-state index in [4.69, 9.17) is 5.11 Å². The molecule has 0 aromatic heterocycles. The molecule has 23 heavy (non-hydrogen) atoms. The molecule has 0 aliphatic carbocycles. The molecule has 120 valence electrons. The van der Waals surface area contributed by atoms with Gasteiger partial charge in [-0.15, -0.1) is 0 Å². The second-order valence-corrected chi connectivity index (χ2v) is 5.58. The first-order valence-electron chi connectivity index (χ1n) is 6.99. The number of carbonyl (C=O) groups excluding carboxylic acids is 3. The highest BCUT2D eigenvalue weighted by atomic mass is 19.1. The Bertz CT molecular complexity index is 699. The van der Waals surface area contributed by atoms with Crippen molar-refractivity contribution in [1.82, 2.24) is 9.80 Å². The number of hydrogen-bond donors (Lipinski definition) is 1. The number of fused-ring (bicyclic) bond motifs is 1. The minimum atomic E-state index is -2.47. The molecule has 8 heteroatoms. The van der Waals surface area contributed by atoms with Crippen LogP contribution in [-0.2, 0) is 9.59 Å². The van der Waals surface area contributed by atoms with Gasteiger partial charge in [-0.2, -0.15) is 0 Å². The van der Waals surface area contributed by atoms with Crippen LogP contribution in [0.4, 0.5) is 4.39 Å². The summed E-state index contributed by atoms with van der Waals surface area (Å²) < 4.78 is 14.0. The Balaban J connectivity index is 1.72. The third-order valence-electron chi connectivity index (χ3n) is 4.13. The maximum atomic E-state index is 14.0. The van der Waals surface area contributed by atoms with Gasteiger partial charge in [0.1, 0.15) is 6.54 Å². The number of carbonyl (C=O) groups is 4. The number of imide groups is 1. The summed E-state index contributed by atoms with van der Waals surface area (Å²) in [5, 5.41) is 8.83. The molecule has 3 rings (SSSR count). The van der Waals surface area contributed by atoms with Gasteiger partial charge in [0, 0.05) is 13.0 Å². The zero-order chi connectivity index (χ0) is 16.8. The SMILES string of the molecule is O=C(CN1C(=O)c2ccccc2C1=O)N1CCC(F)(C(=O)O)C1. The van der Waals surface area contributed by atoms with Gasteiger partial charge in [0.2, 0.25) is 11.6 Å². The van der Waals surface area contributed by atoms with Gasteiger partial charge in [-0.25, -0.2) is 9.18 Å². The molecule has 2 heterocycles. The highest BCUT2D eigenvalue weighted by molar-refractivity contribution is 6.22. The number of carboxylic acids is 1. The van der Waals surface area contributed by atoms with Gasteiger partial charge in [0.05, 0.1) is 17.7 Å². The first kappa shape index (κ1) is 15.1. The Hall–Kier alpha value is -2.77. The number of aliphatic carboxylic acids is 1. The van der Waals surface area contributed by atoms with Gasteiger partial charge >= 0.3 is 5.97 Å². The lowest BCUT2D eigenvalue weighted by Crippen LogP contribution is -2.44. The normalized spacial score (nSPS) is 23.3. The maximum absolute atomic E-state index is 14.0. The fourth-order valence-electron chi connectivity index (χ4n) is 2.78. The van der Waals surface area contributed by atoms with E-state index in [1.807, 2.05) is 0 Å². The second kappa shape index (κ2) is 5.15. The van der Waals surface area contributed by atoms with Crippen molar-refractivity contribution in [3.63, 3.8) is 0 Å². The van der Waals surface area contributed by atoms with E-state index in [1.165, 1.54) is 12.1 Å². The molecule has 0 spiro atoms. The summed E-state index contributed by atoms with van der Waals surface area (Å²) in [5.41, 5.74) is -2.04. The molecule has 1 aromatic carbocycles. The molecule has 3 amide bonds. The summed E-state index contributed by atoms with van der Waals surface area (Å²) in [6.07, 6.45) is -0.309. The second-order valence-electron chi connectivity index (χ2n) is 5.58. The van der Waals surface area contributed by atoms with Crippen LogP contribution in [0.1, 0.15) is 27.1 Å². The van der Waals surface area contributed by atoms with Gasteiger partial charge in [-0.3, -0.25) is 19.3 Å². The number of nitrogens with zero attached hydrogens (tertiary/aromatic N) is 2. The van der Waals surface area contributed by atoms with Crippen LogP contribution in [-0.4, -0.2) is 63.9 Å².